The number of anilines is 1. The van der Waals surface area contributed by atoms with Crippen molar-refractivity contribution < 1.29 is 4.79 Å². The smallest absolute Gasteiger partial charge is 0.227 e. The third-order valence-electron chi connectivity index (χ3n) is 3.32. The van der Waals surface area contributed by atoms with Crippen molar-refractivity contribution in [2.24, 2.45) is 5.41 Å². The minimum Gasteiger partial charge on any atom is -0.351 e. The molecule has 1 aromatic heterocycles. The summed E-state index contributed by atoms with van der Waals surface area (Å²) in [5.41, 5.74) is -0.289. The van der Waals surface area contributed by atoms with E-state index in [2.05, 4.69) is 15.3 Å². The van der Waals surface area contributed by atoms with E-state index in [4.69, 9.17) is 0 Å². The highest BCUT2D eigenvalue weighted by molar-refractivity contribution is 5.81. The Kier molecular flexibility index (Phi) is 4.02. The molecular weight excluding hydrogens is 240 g/mol. The molecule has 104 valence electrons. The Morgan fingerprint density at radius 3 is 2.37 bits per heavy atom. The maximum absolute atomic E-state index is 12.2. The van der Waals surface area contributed by atoms with Crippen LogP contribution in [0, 0.1) is 5.41 Å². The quantitative estimate of drug-likeness (QED) is 0.884. The van der Waals surface area contributed by atoms with Gasteiger partial charge in [-0.25, -0.2) is 9.97 Å². The van der Waals surface area contributed by atoms with Gasteiger partial charge in [-0.3, -0.25) is 4.79 Å². The van der Waals surface area contributed by atoms with Crippen LogP contribution < -0.4 is 5.32 Å². The maximum atomic E-state index is 12.2. The van der Waals surface area contributed by atoms with Crippen molar-refractivity contribution >= 4 is 11.9 Å². The maximum Gasteiger partial charge on any atom is 0.227 e. The number of hydrogen-bond donors (Lipinski definition) is 1. The minimum atomic E-state index is -0.289. The molecule has 1 amide bonds. The Balaban J connectivity index is 1.85. The number of likely N-dealkylation sites (tertiary alicyclic amines) is 1. The van der Waals surface area contributed by atoms with Gasteiger partial charge < -0.3 is 10.2 Å². The summed E-state index contributed by atoms with van der Waals surface area (Å²) in [6, 6.07) is 2.15. The van der Waals surface area contributed by atoms with E-state index in [1.165, 1.54) is 0 Å². The molecule has 0 atom stereocenters. The Bertz CT molecular complexity index is 419. The van der Waals surface area contributed by atoms with E-state index < -0.39 is 0 Å². The lowest BCUT2D eigenvalue weighted by molar-refractivity contribution is -0.140. The highest BCUT2D eigenvalue weighted by atomic mass is 16.2. The molecule has 0 unspecified atom stereocenters. The first kappa shape index (κ1) is 13.8. The van der Waals surface area contributed by atoms with Crippen molar-refractivity contribution in [3.05, 3.63) is 18.5 Å². The first-order valence-electron chi connectivity index (χ1n) is 6.80. The van der Waals surface area contributed by atoms with E-state index in [-0.39, 0.29) is 11.3 Å². The van der Waals surface area contributed by atoms with Crippen LogP contribution in [-0.2, 0) is 4.79 Å². The number of hydrogen-bond acceptors (Lipinski definition) is 4. The molecule has 2 rings (SSSR count). The highest BCUT2D eigenvalue weighted by Crippen LogP contribution is 2.21. The standard InChI is InChI=1S/C14H22N4O/c1-14(2,3)12(19)18-9-5-11(6-10-18)17-13-15-7-4-8-16-13/h4,7-8,11H,5-6,9-10H2,1-3H3,(H,15,16,17). The summed E-state index contributed by atoms with van der Waals surface area (Å²) in [6.07, 6.45) is 5.35. The molecule has 1 aliphatic rings. The zero-order valence-electron chi connectivity index (χ0n) is 11.9. The summed E-state index contributed by atoms with van der Waals surface area (Å²) in [7, 11) is 0. The molecule has 0 radical (unpaired) electrons. The summed E-state index contributed by atoms with van der Waals surface area (Å²) in [4.78, 5) is 22.5. The zero-order valence-corrected chi connectivity index (χ0v) is 11.9. The second kappa shape index (κ2) is 5.55. The van der Waals surface area contributed by atoms with E-state index in [0.717, 1.165) is 25.9 Å². The lowest BCUT2D eigenvalue weighted by Gasteiger charge is -2.35. The van der Waals surface area contributed by atoms with Crippen LogP contribution in [0.1, 0.15) is 33.6 Å². The van der Waals surface area contributed by atoms with Crippen LogP contribution in [0.15, 0.2) is 18.5 Å². The van der Waals surface area contributed by atoms with Crippen LogP contribution in [-0.4, -0.2) is 39.9 Å². The van der Waals surface area contributed by atoms with E-state index in [9.17, 15) is 4.79 Å². The van der Waals surface area contributed by atoms with Gasteiger partial charge in [0.1, 0.15) is 0 Å². The summed E-state index contributed by atoms with van der Waals surface area (Å²) in [5.74, 6) is 0.907. The second-order valence-electron chi connectivity index (χ2n) is 6.03. The van der Waals surface area contributed by atoms with Gasteiger partial charge >= 0.3 is 0 Å². The van der Waals surface area contributed by atoms with E-state index >= 15 is 0 Å². The van der Waals surface area contributed by atoms with Gasteiger partial charge in [-0.2, -0.15) is 0 Å². The Morgan fingerprint density at radius 1 is 1.26 bits per heavy atom. The summed E-state index contributed by atoms with van der Waals surface area (Å²) >= 11 is 0. The molecule has 19 heavy (non-hydrogen) atoms. The van der Waals surface area contributed by atoms with E-state index in [1.807, 2.05) is 25.7 Å². The lowest BCUT2D eigenvalue weighted by atomic mass is 9.93. The van der Waals surface area contributed by atoms with Gasteiger partial charge in [0, 0.05) is 36.9 Å². The van der Waals surface area contributed by atoms with Crippen LogP contribution in [0.25, 0.3) is 0 Å². The molecule has 0 spiro atoms. The van der Waals surface area contributed by atoms with Crippen molar-refractivity contribution in [2.45, 2.75) is 39.7 Å². The van der Waals surface area contributed by atoms with Crippen LogP contribution in [0.3, 0.4) is 0 Å². The molecule has 5 nitrogen and oxygen atoms in total. The number of carbonyl (C=O) groups is 1. The Labute approximate surface area is 114 Å². The summed E-state index contributed by atoms with van der Waals surface area (Å²) in [6.45, 7) is 7.52. The van der Waals surface area contributed by atoms with Gasteiger partial charge in [0.05, 0.1) is 0 Å². The molecule has 5 heteroatoms. The largest absolute Gasteiger partial charge is 0.351 e. The normalized spacial score (nSPS) is 17.3. The highest BCUT2D eigenvalue weighted by Gasteiger charge is 2.30. The number of amides is 1. The van der Waals surface area contributed by atoms with Gasteiger partial charge in [-0.1, -0.05) is 20.8 Å². The molecule has 1 aliphatic heterocycles. The molecule has 0 aliphatic carbocycles. The molecular formula is C14H22N4O. The lowest BCUT2D eigenvalue weighted by Crippen LogP contribution is -2.46. The van der Waals surface area contributed by atoms with E-state index in [0.29, 0.717) is 12.0 Å². The fourth-order valence-corrected chi connectivity index (χ4v) is 2.26. The molecule has 0 saturated carbocycles. The summed E-state index contributed by atoms with van der Waals surface area (Å²) in [5, 5.41) is 3.32. The topological polar surface area (TPSA) is 58.1 Å². The van der Waals surface area contributed by atoms with E-state index in [1.54, 1.807) is 18.5 Å². The Hall–Kier alpha value is -1.65. The predicted octanol–water partition coefficient (Wildman–Crippen LogP) is 1.93. The van der Waals surface area contributed by atoms with Gasteiger partial charge in [-0.05, 0) is 18.9 Å². The van der Waals surface area contributed by atoms with Crippen LogP contribution >= 0.6 is 0 Å². The number of carbonyl (C=O) groups excluding carboxylic acids is 1. The first-order valence-corrected chi connectivity index (χ1v) is 6.80. The third-order valence-corrected chi connectivity index (χ3v) is 3.32. The second-order valence-corrected chi connectivity index (χ2v) is 6.03. The van der Waals surface area contributed by atoms with Crippen molar-refractivity contribution in [2.75, 3.05) is 18.4 Å². The number of piperidine rings is 1. The monoisotopic (exact) mass is 262 g/mol. The predicted molar refractivity (Wildman–Crippen MR) is 74.7 cm³/mol. The van der Waals surface area contributed by atoms with Gasteiger partial charge in [0.25, 0.3) is 0 Å². The minimum absolute atomic E-state index is 0.238. The summed E-state index contributed by atoms with van der Waals surface area (Å²) < 4.78 is 0. The molecule has 0 aromatic carbocycles. The molecule has 0 bridgehead atoms. The van der Waals surface area contributed by atoms with Crippen molar-refractivity contribution in [1.82, 2.24) is 14.9 Å². The number of rotatable bonds is 2. The fourth-order valence-electron chi connectivity index (χ4n) is 2.26. The van der Waals surface area contributed by atoms with Crippen LogP contribution in [0.5, 0.6) is 0 Å². The molecule has 2 heterocycles. The SMILES string of the molecule is CC(C)(C)C(=O)N1CCC(Nc2ncccn2)CC1. The molecule has 1 N–H and O–H groups in total. The first-order chi connectivity index (χ1) is 8.97. The fraction of sp³-hybridized carbons (Fsp3) is 0.643. The van der Waals surface area contributed by atoms with Crippen molar-refractivity contribution in [3.63, 3.8) is 0 Å². The average molecular weight is 262 g/mol. The van der Waals surface area contributed by atoms with Crippen molar-refractivity contribution in [3.8, 4) is 0 Å². The number of aromatic nitrogens is 2. The number of nitrogens with one attached hydrogen (secondary N) is 1. The van der Waals surface area contributed by atoms with Gasteiger partial charge in [-0.15, -0.1) is 0 Å². The average Bonchev–Trinajstić information content (AvgIpc) is 2.39. The van der Waals surface area contributed by atoms with Crippen molar-refractivity contribution in [1.29, 1.82) is 0 Å². The van der Waals surface area contributed by atoms with Crippen LogP contribution in [0.4, 0.5) is 5.95 Å². The number of nitrogens with zero attached hydrogens (tertiary/aromatic N) is 3. The molecule has 1 aromatic rings. The molecule has 1 fully saturated rings. The third kappa shape index (κ3) is 3.66. The van der Waals surface area contributed by atoms with Gasteiger partial charge in [0.15, 0.2) is 0 Å². The zero-order chi connectivity index (χ0) is 13.9. The van der Waals surface area contributed by atoms with Gasteiger partial charge in [0.2, 0.25) is 11.9 Å². The molecule has 1 saturated heterocycles. The Morgan fingerprint density at radius 2 is 1.84 bits per heavy atom. The van der Waals surface area contributed by atoms with Crippen LogP contribution in [0.2, 0.25) is 0 Å².